The molecule has 0 aromatic rings. The van der Waals surface area contributed by atoms with Crippen LogP contribution in [0.5, 0.6) is 0 Å². The summed E-state index contributed by atoms with van der Waals surface area (Å²) in [5.41, 5.74) is 0. The second kappa shape index (κ2) is 19.8. The highest BCUT2D eigenvalue weighted by Gasteiger charge is 2.11. The number of carbonyl (C=O) groups excluding carboxylic acids is 2. The Kier molecular flexibility index (Phi) is 18.8. The fourth-order valence-electron chi connectivity index (χ4n) is 2.91. The van der Waals surface area contributed by atoms with E-state index in [4.69, 9.17) is 9.47 Å². The van der Waals surface area contributed by atoms with Crippen molar-refractivity contribution in [3.63, 3.8) is 0 Å². The highest BCUT2D eigenvalue weighted by Crippen LogP contribution is 2.12. The molecule has 1 atom stereocenters. The van der Waals surface area contributed by atoms with Crippen molar-refractivity contribution in [2.75, 3.05) is 6.61 Å². The van der Waals surface area contributed by atoms with Gasteiger partial charge in [0.05, 0.1) is 6.61 Å². The van der Waals surface area contributed by atoms with Gasteiger partial charge in [-0.15, -0.1) is 5.92 Å². The van der Waals surface area contributed by atoms with Crippen LogP contribution in [0, 0.1) is 17.8 Å². The Labute approximate surface area is 179 Å². The molecule has 0 bridgehead atoms. The Bertz CT molecular complexity index is 473. The zero-order valence-corrected chi connectivity index (χ0v) is 19.4. The molecule has 0 aromatic heterocycles. The van der Waals surface area contributed by atoms with E-state index >= 15 is 0 Å². The van der Waals surface area contributed by atoms with Gasteiger partial charge in [-0.1, -0.05) is 59.3 Å². The molecule has 168 valence electrons. The fourth-order valence-corrected chi connectivity index (χ4v) is 2.91. The lowest BCUT2D eigenvalue weighted by atomic mass is 10.1. The Hall–Kier alpha value is -1.50. The number of carbonyl (C=O) groups is 2. The maximum absolute atomic E-state index is 11.9. The average Bonchev–Trinajstić information content (AvgIpc) is 2.69. The van der Waals surface area contributed by atoms with Gasteiger partial charge < -0.3 is 9.47 Å². The standard InChI is InChI=1S/C25H44O4/c1-5-7-8-13-18-23(6-2)29-25(27)20-15-12-10-9-11-14-19-24(26)28-21-16-17-22(3)4/h22-23H,5-7,9-12,14-21H2,1-4H3. The minimum absolute atomic E-state index is 0.0682. The normalized spacial score (nSPS) is 11.6. The summed E-state index contributed by atoms with van der Waals surface area (Å²) in [5, 5.41) is 0. The van der Waals surface area contributed by atoms with E-state index in [1.54, 1.807) is 0 Å². The predicted molar refractivity (Wildman–Crippen MR) is 119 cm³/mol. The topological polar surface area (TPSA) is 52.6 Å². The van der Waals surface area contributed by atoms with E-state index in [1.807, 2.05) is 6.92 Å². The molecule has 1 unspecified atom stereocenters. The van der Waals surface area contributed by atoms with Gasteiger partial charge in [0.25, 0.3) is 0 Å². The fraction of sp³-hybridized carbons (Fsp3) is 0.840. The van der Waals surface area contributed by atoms with Crippen LogP contribution in [0.2, 0.25) is 0 Å². The van der Waals surface area contributed by atoms with Crippen LogP contribution in [0.25, 0.3) is 0 Å². The molecule has 0 rings (SSSR count). The minimum Gasteiger partial charge on any atom is -0.466 e. The van der Waals surface area contributed by atoms with Crippen LogP contribution in [-0.4, -0.2) is 24.6 Å². The van der Waals surface area contributed by atoms with Crippen LogP contribution in [0.15, 0.2) is 0 Å². The first-order valence-electron chi connectivity index (χ1n) is 11.8. The van der Waals surface area contributed by atoms with E-state index < -0.39 is 0 Å². The number of esters is 2. The molecule has 4 heteroatoms. The highest BCUT2D eigenvalue weighted by atomic mass is 16.5. The van der Waals surface area contributed by atoms with Gasteiger partial charge in [-0.25, -0.2) is 0 Å². The Morgan fingerprint density at radius 3 is 2.03 bits per heavy atom. The molecule has 0 aliphatic carbocycles. The Balaban J connectivity index is 3.56. The zero-order valence-electron chi connectivity index (χ0n) is 19.4. The van der Waals surface area contributed by atoms with Gasteiger partial charge in [-0.05, 0) is 44.4 Å². The molecule has 0 aromatic carbocycles. The third kappa shape index (κ3) is 19.6. The number of ether oxygens (including phenoxy) is 2. The first-order chi connectivity index (χ1) is 14.0. The molecule has 0 heterocycles. The Morgan fingerprint density at radius 2 is 1.45 bits per heavy atom. The highest BCUT2D eigenvalue weighted by molar-refractivity contribution is 5.69. The molecule has 0 spiro atoms. The number of hydrogen-bond donors (Lipinski definition) is 0. The van der Waals surface area contributed by atoms with Crippen molar-refractivity contribution in [1.29, 1.82) is 0 Å². The molecule has 0 radical (unpaired) electrons. The lowest BCUT2D eigenvalue weighted by Crippen LogP contribution is -2.16. The molecule has 0 saturated carbocycles. The molecule has 0 saturated heterocycles. The van der Waals surface area contributed by atoms with Gasteiger partial charge in [-0.2, -0.15) is 0 Å². The predicted octanol–water partition coefficient (Wildman–Crippen LogP) is 6.60. The quantitative estimate of drug-likeness (QED) is 0.154. The van der Waals surface area contributed by atoms with Crippen LogP contribution >= 0.6 is 0 Å². The van der Waals surface area contributed by atoms with E-state index in [0.717, 1.165) is 70.6 Å². The van der Waals surface area contributed by atoms with Crippen molar-refractivity contribution in [2.24, 2.45) is 5.92 Å². The van der Waals surface area contributed by atoms with Crippen LogP contribution < -0.4 is 0 Å². The van der Waals surface area contributed by atoms with Crippen LogP contribution in [0.1, 0.15) is 118 Å². The van der Waals surface area contributed by atoms with Gasteiger partial charge in [0, 0.05) is 25.7 Å². The van der Waals surface area contributed by atoms with Gasteiger partial charge in [0.15, 0.2) is 0 Å². The van der Waals surface area contributed by atoms with Crippen LogP contribution in [0.3, 0.4) is 0 Å². The molecule has 0 amide bonds. The van der Waals surface area contributed by atoms with Crippen molar-refractivity contribution in [3.05, 3.63) is 0 Å². The van der Waals surface area contributed by atoms with Crippen molar-refractivity contribution in [2.45, 2.75) is 124 Å². The Morgan fingerprint density at radius 1 is 0.828 bits per heavy atom. The minimum atomic E-state index is -0.102. The maximum Gasteiger partial charge on any atom is 0.306 e. The second-order valence-electron chi connectivity index (χ2n) is 8.21. The van der Waals surface area contributed by atoms with Crippen molar-refractivity contribution < 1.29 is 19.1 Å². The van der Waals surface area contributed by atoms with Gasteiger partial charge in [0.1, 0.15) is 6.10 Å². The molecule has 0 aliphatic heterocycles. The summed E-state index contributed by atoms with van der Waals surface area (Å²) in [6, 6.07) is 0. The SMILES string of the molecule is CCCC#CCC(CC)OC(=O)CCCCCCCCC(=O)OCCCC(C)C. The molecular weight excluding hydrogens is 364 g/mol. The lowest BCUT2D eigenvalue weighted by molar-refractivity contribution is -0.149. The smallest absolute Gasteiger partial charge is 0.306 e. The van der Waals surface area contributed by atoms with E-state index in [1.165, 1.54) is 0 Å². The summed E-state index contributed by atoms with van der Waals surface area (Å²) in [5.74, 6) is 6.70. The van der Waals surface area contributed by atoms with E-state index in [0.29, 0.717) is 31.8 Å². The zero-order chi connectivity index (χ0) is 21.7. The summed E-state index contributed by atoms with van der Waals surface area (Å²) < 4.78 is 10.8. The summed E-state index contributed by atoms with van der Waals surface area (Å²) >= 11 is 0. The summed E-state index contributed by atoms with van der Waals surface area (Å²) in [4.78, 5) is 23.6. The monoisotopic (exact) mass is 408 g/mol. The summed E-state index contributed by atoms with van der Waals surface area (Å²) in [7, 11) is 0. The maximum atomic E-state index is 11.9. The number of hydrogen-bond acceptors (Lipinski definition) is 4. The van der Waals surface area contributed by atoms with Gasteiger partial charge >= 0.3 is 11.9 Å². The number of unbranched alkanes of at least 4 members (excludes halogenated alkanes) is 6. The van der Waals surface area contributed by atoms with Crippen molar-refractivity contribution in [3.8, 4) is 11.8 Å². The largest absolute Gasteiger partial charge is 0.466 e. The van der Waals surface area contributed by atoms with E-state index in [2.05, 4.69) is 32.6 Å². The molecule has 4 nitrogen and oxygen atoms in total. The van der Waals surface area contributed by atoms with Gasteiger partial charge in [0.2, 0.25) is 0 Å². The molecular formula is C25H44O4. The van der Waals surface area contributed by atoms with Crippen LogP contribution in [0.4, 0.5) is 0 Å². The first kappa shape index (κ1) is 27.5. The third-order valence-electron chi connectivity index (χ3n) is 4.78. The molecule has 0 aliphatic rings. The molecule has 0 N–H and O–H groups in total. The first-order valence-corrected chi connectivity index (χ1v) is 11.8. The van der Waals surface area contributed by atoms with Crippen LogP contribution in [-0.2, 0) is 19.1 Å². The van der Waals surface area contributed by atoms with Gasteiger partial charge in [-0.3, -0.25) is 9.59 Å². The van der Waals surface area contributed by atoms with Crippen molar-refractivity contribution in [1.82, 2.24) is 0 Å². The molecule has 29 heavy (non-hydrogen) atoms. The summed E-state index contributed by atoms with van der Waals surface area (Å²) in [6.45, 7) is 9.04. The number of rotatable bonds is 17. The lowest BCUT2D eigenvalue weighted by Gasteiger charge is -2.13. The average molecular weight is 409 g/mol. The molecule has 0 fully saturated rings. The van der Waals surface area contributed by atoms with E-state index in [-0.39, 0.29) is 18.0 Å². The van der Waals surface area contributed by atoms with E-state index in [9.17, 15) is 9.59 Å². The van der Waals surface area contributed by atoms with Crippen molar-refractivity contribution >= 4 is 11.9 Å². The second-order valence-corrected chi connectivity index (χ2v) is 8.21. The summed E-state index contributed by atoms with van der Waals surface area (Å²) in [6.07, 6.45) is 12.4. The third-order valence-corrected chi connectivity index (χ3v) is 4.78.